The maximum atomic E-state index is 15.2. The highest BCUT2D eigenvalue weighted by atomic mass is 35.5. The third-order valence-corrected chi connectivity index (χ3v) is 8.57. The van der Waals surface area contributed by atoms with Gasteiger partial charge in [0.05, 0.1) is 39.2 Å². The molecule has 36 heavy (non-hydrogen) atoms. The molecule has 2 aromatic heterocycles. The van der Waals surface area contributed by atoms with Crippen LogP contribution in [-0.2, 0) is 6.54 Å². The van der Waals surface area contributed by atoms with Crippen molar-refractivity contribution >= 4 is 57.0 Å². The number of thioether (sulfide) groups is 1. The fraction of sp³-hybridized carbons (Fsp3) is 0.320. The molecule has 0 spiro atoms. The Bertz CT molecular complexity index is 1590. The van der Waals surface area contributed by atoms with E-state index in [2.05, 4.69) is 14.9 Å². The normalized spacial score (nSPS) is 18.0. The number of fused-ring (bicyclic) bond motifs is 4. The topological polar surface area (TPSA) is 94.5 Å². The lowest BCUT2D eigenvalue weighted by atomic mass is 10.1. The summed E-state index contributed by atoms with van der Waals surface area (Å²) < 4.78 is 17.0. The van der Waals surface area contributed by atoms with E-state index in [4.69, 9.17) is 11.6 Å². The zero-order valence-electron chi connectivity index (χ0n) is 19.6. The van der Waals surface area contributed by atoms with Crippen LogP contribution in [0.5, 0.6) is 0 Å². The Morgan fingerprint density at radius 3 is 2.69 bits per heavy atom. The van der Waals surface area contributed by atoms with Gasteiger partial charge in [-0.25, -0.2) is 14.2 Å². The summed E-state index contributed by atoms with van der Waals surface area (Å²) in [6, 6.07) is 6.74. The standard InChI is InChI=1S/C25H23ClFN5O3S/c1-12-7-17-18(9-15(12)26)29-21(28-17)11-30-3-5-31(6-4-30)20-10-19-14(8-16(20)27)23(33)22(25(34)35)24-32(19)13(2)36-24/h7-10,13H,3-6,11H2,1-2H3,(H,28,29)(H,34,35). The molecule has 0 bridgehead atoms. The van der Waals surface area contributed by atoms with Crippen molar-refractivity contribution in [2.75, 3.05) is 31.1 Å². The summed E-state index contributed by atoms with van der Waals surface area (Å²) in [5.41, 5.74) is 2.86. The van der Waals surface area contributed by atoms with E-state index >= 15 is 4.39 Å². The second kappa shape index (κ2) is 8.50. The van der Waals surface area contributed by atoms with Crippen LogP contribution in [0.1, 0.15) is 34.0 Å². The first-order chi connectivity index (χ1) is 17.2. The first kappa shape index (κ1) is 23.3. The molecular formula is C25H23ClFN5O3S. The van der Waals surface area contributed by atoms with Crippen LogP contribution < -0.4 is 10.3 Å². The second-order valence-corrected chi connectivity index (χ2v) is 11.0. The van der Waals surface area contributed by atoms with Crippen molar-refractivity contribution in [3.8, 4) is 0 Å². The van der Waals surface area contributed by atoms with Gasteiger partial charge < -0.3 is 19.6 Å². The van der Waals surface area contributed by atoms with Crippen LogP contribution in [-0.4, -0.2) is 56.7 Å². The van der Waals surface area contributed by atoms with Gasteiger partial charge >= 0.3 is 5.97 Å². The number of rotatable bonds is 4. The molecule has 2 aliphatic rings. The molecule has 2 aliphatic heterocycles. The van der Waals surface area contributed by atoms with E-state index in [1.165, 1.54) is 17.8 Å². The molecule has 8 nitrogen and oxygen atoms in total. The number of anilines is 1. The number of aryl methyl sites for hydroxylation is 1. The summed E-state index contributed by atoms with van der Waals surface area (Å²) in [7, 11) is 0. The molecule has 2 aromatic carbocycles. The van der Waals surface area contributed by atoms with Gasteiger partial charge in [-0.1, -0.05) is 23.4 Å². The van der Waals surface area contributed by atoms with E-state index in [0.29, 0.717) is 40.9 Å². The monoisotopic (exact) mass is 527 g/mol. The second-order valence-electron chi connectivity index (χ2n) is 9.29. The summed E-state index contributed by atoms with van der Waals surface area (Å²) in [6.07, 6.45) is 0. The zero-order chi connectivity index (χ0) is 25.3. The molecule has 0 amide bonds. The van der Waals surface area contributed by atoms with Gasteiger partial charge in [-0.3, -0.25) is 9.69 Å². The summed E-state index contributed by atoms with van der Waals surface area (Å²) in [6.45, 7) is 7.20. The number of piperazine rings is 1. The van der Waals surface area contributed by atoms with Gasteiger partial charge in [0, 0.05) is 36.6 Å². The van der Waals surface area contributed by atoms with Crippen LogP contribution in [0, 0.1) is 12.7 Å². The van der Waals surface area contributed by atoms with Crippen LogP contribution in [0.3, 0.4) is 0 Å². The van der Waals surface area contributed by atoms with Crippen LogP contribution in [0.15, 0.2) is 34.1 Å². The van der Waals surface area contributed by atoms with Crippen molar-refractivity contribution in [2.24, 2.45) is 0 Å². The Labute approximate surface area is 214 Å². The van der Waals surface area contributed by atoms with Crippen molar-refractivity contribution in [1.29, 1.82) is 0 Å². The van der Waals surface area contributed by atoms with E-state index in [-0.39, 0.29) is 16.3 Å². The molecule has 186 valence electrons. The maximum absolute atomic E-state index is 15.2. The van der Waals surface area contributed by atoms with Gasteiger partial charge in [0.1, 0.15) is 17.2 Å². The number of carbonyl (C=O) groups is 1. The van der Waals surface area contributed by atoms with E-state index < -0.39 is 17.2 Å². The zero-order valence-corrected chi connectivity index (χ0v) is 21.2. The number of pyridine rings is 1. The number of carboxylic acid groups (broad SMARTS) is 1. The number of hydrogen-bond donors (Lipinski definition) is 2. The first-order valence-corrected chi connectivity index (χ1v) is 12.9. The summed E-state index contributed by atoms with van der Waals surface area (Å²) in [5, 5.41) is 10.7. The molecule has 4 aromatic rings. The van der Waals surface area contributed by atoms with Gasteiger partial charge in [0.25, 0.3) is 0 Å². The van der Waals surface area contributed by atoms with Crippen LogP contribution >= 0.6 is 23.4 Å². The number of aromatic carboxylic acids is 1. The molecule has 1 atom stereocenters. The Morgan fingerprint density at radius 1 is 1.25 bits per heavy atom. The Kier molecular flexibility index (Phi) is 5.51. The summed E-state index contributed by atoms with van der Waals surface area (Å²) >= 11 is 7.57. The number of halogens is 2. The molecule has 0 saturated carbocycles. The molecule has 11 heteroatoms. The molecular weight excluding hydrogens is 505 g/mol. The largest absolute Gasteiger partial charge is 0.477 e. The SMILES string of the molecule is Cc1cc2[nH]c(CN3CCN(c4cc5c(cc4F)c(=O)c(C(=O)O)c4n5C(C)S4)CC3)nc2cc1Cl. The van der Waals surface area contributed by atoms with Crippen molar-refractivity contribution in [3.05, 3.63) is 62.3 Å². The van der Waals surface area contributed by atoms with Gasteiger partial charge in [0.15, 0.2) is 0 Å². The molecule has 0 aliphatic carbocycles. The number of nitrogens with one attached hydrogen (secondary N) is 1. The molecule has 6 rings (SSSR count). The Balaban J connectivity index is 1.24. The van der Waals surface area contributed by atoms with Gasteiger partial charge in [0.2, 0.25) is 5.43 Å². The quantitative estimate of drug-likeness (QED) is 0.400. The molecule has 4 heterocycles. The fourth-order valence-electron chi connectivity index (χ4n) is 5.09. The summed E-state index contributed by atoms with van der Waals surface area (Å²) in [4.78, 5) is 36.8. The minimum Gasteiger partial charge on any atom is -0.477 e. The highest BCUT2D eigenvalue weighted by molar-refractivity contribution is 8.00. The minimum atomic E-state index is -1.28. The molecule has 1 saturated heterocycles. The van der Waals surface area contributed by atoms with E-state index in [0.717, 1.165) is 35.5 Å². The number of hydrogen-bond acceptors (Lipinski definition) is 6. The number of H-pyrrole nitrogens is 1. The first-order valence-electron chi connectivity index (χ1n) is 11.6. The number of benzene rings is 2. The maximum Gasteiger partial charge on any atom is 0.342 e. The van der Waals surface area contributed by atoms with Crippen molar-refractivity contribution in [2.45, 2.75) is 30.8 Å². The van der Waals surface area contributed by atoms with Gasteiger partial charge in [-0.2, -0.15) is 0 Å². The predicted molar refractivity (Wildman–Crippen MR) is 139 cm³/mol. The number of aromatic nitrogens is 3. The smallest absolute Gasteiger partial charge is 0.342 e. The van der Waals surface area contributed by atoms with Gasteiger partial charge in [-0.05, 0) is 43.7 Å². The van der Waals surface area contributed by atoms with Gasteiger partial charge in [-0.15, -0.1) is 0 Å². The number of carboxylic acids is 1. The van der Waals surface area contributed by atoms with Crippen LogP contribution in [0.25, 0.3) is 21.9 Å². The van der Waals surface area contributed by atoms with Crippen LogP contribution in [0.4, 0.5) is 10.1 Å². The van der Waals surface area contributed by atoms with Crippen molar-refractivity contribution < 1.29 is 14.3 Å². The highest BCUT2D eigenvalue weighted by Gasteiger charge is 2.33. The summed E-state index contributed by atoms with van der Waals surface area (Å²) in [5.74, 6) is -0.946. The molecule has 1 fully saturated rings. The number of nitrogens with zero attached hydrogens (tertiary/aromatic N) is 4. The minimum absolute atomic E-state index is 0.0289. The number of imidazole rings is 1. The lowest BCUT2D eigenvalue weighted by Crippen LogP contribution is -2.46. The third-order valence-electron chi connectivity index (χ3n) is 6.99. The molecule has 1 unspecified atom stereocenters. The van der Waals surface area contributed by atoms with Crippen molar-refractivity contribution in [3.63, 3.8) is 0 Å². The third kappa shape index (κ3) is 3.66. The lowest BCUT2D eigenvalue weighted by molar-refractivity contribution is 0.0689. The number of aromatic amines is 1. The Morgan fingerprint density at radius 2 is 2.00 bits per heavy atom. The van der Waals surface area contributed by atoms with E-state index in [9.17, 15) is 14.7 Å². The molecule has 2 N–H and O–H groups in total. The van der Waals surface area contributed by atoms with Crippen LogP contribution in [0.2, 0.25) is 5.02 Å². The predicted octanol–water partition coefficient (Wildman–Crippen LogP) is 4.62. The molecule has 0 radical (unpaired) electrons. The average molecular weight is 528 g/mol. The van der Waals surface area contributed by atoms with E-state index in [1.807, 2.05) is 35.4 Å². The fourth-order valence-corrected chi connectivity index (χ4v) is 6.40. The average Bonchev–Trinajstić information content (AvgIpc) is 3.20. The van der Waals surface area contributed by atoms with E-state index in [1.54, 1.807) is 6.07 Å². The lowest BCUT2D eigenvalue weighted by Gasteiger charge is -2.37. The highest BCUT2D eigenvalue weighted by Crippen LogP contribution is 2.46. The van der Waals surface area contributed by atoms with Crippen molar-refractivity contribution in [1.82, 2.24) is 19.4 Å². The Hall–Kier alpha value is -3.08.